The summed E-state index contributed by atoms with van der Waals surface area (Å²) in [6.07, 6.45) is 3.60. The average molecular weight is 311 g/mol. The molecule has 126 valence electrons. The number of nitrogens with zero attached hydrogens (tertiary/aromatic N) is 2. The van der Waals surface area contributed by atoms with Gasteiger partial charge in [-0.25, -0.2) is 4.79 Å². The molecule has 0 aromatic heterocycles. The van der Waals surface area contributed by atoms with E-state index in [0.717, 1.165) is 32.2 Å². The molecule has 0 bridgehead atoms. The lowest BCUT2D eigenvalue weighted by Gasteiger charge is -2.39. The van der Waals surface area contributed by atoms with Crippen LogP contribution >= 0.6 is 0 Å². The number of rotatable bonds is 2. The molecule has 1 N–H and O–H groups in total. The summed E-state index contributed by atoms with van der Waals surface area (Å²) in [7, 11) is 1.70. The fourth-order valence-electron chi connectivity index (χ4n) is 3.38. The number of amides is 2. The van der Waals surface area contributed by atoms with Gasteiger partial charge in [0.2, 0.25) is 5.91 Å². The Kier molecular flexibility index (Phi) is 5.32. The first kappa shape index (κ1) is 17.1. The molecule has 0 aromatic carbocycles. The fourth-order valence-corrected chi connectivity index (χ4v) is 3.38. The van der Waals surface area contributed by atoms with E-state index < -0.39 is 5.60 Å². The smallest absolute Gasteiger partial charge is 0.410 e. The number of nitrogens with one attached hydrogen (secondary N) is 1. The molecule has 2 saturated heterocycles. The Morgan fingerprint density at radius 3 is 2.27 bits per heavy atom. The van der Waals surface area contributed by atoms with Crippen LogP contribution in [0, 0.1) is 0 Å². The third kappa shape index (κ3) is 4.12. The monoisotopic (exact) mass is 311 g/mol. The molecule has 2 fully saturated rings. The topological polar surface area (TPSA) is 61.9 Å². The van der Waals surface area contributed by atoms with Crippen molar-refractivity contribution in [3.63, 3.8) is 0 Å². The van der Waals surface area contributed by atoms with E-state index in [1.54, 1.807) is 11.9 Å². The lowest BCUT2D eigenvalue weighted by molar-refractivity contribution is -0.126. The molecule has 0 radical (unpaired) electrons. The minimum Gasteiger partial charge on any atom is -0.444 e. The number of hydrogen-bond donors (Lipinski definition) is 1. The van der Waals surface area contributed by atoms with Crippen LogP contribution in [-0.4, -0.2) is 66.2 Å². The van der Waals surface area contributed by atoms with Crippen molar-refractivity contribution in [2.24, 2.45) is 0 Å². The van der Waals surface area contributed by atoms with Crippen LogP contribution in [0.5, 0.6) is 0 Å². The number of carbonyl (C=O) groups excluding carboxylic acids is 2. The van der Waals surface area contributed by atoms with Gasteiger partial charge in [0.25, 0.3) is 0 Å². The molecule has 2 heterocycles. The van der Waals surface area contributed by atoms with Crippen molar-refractivity contribution in [1.29, 1.82) is 0 Å². The molecule has 2 amide bonds. The lowest BCUT2D eigenvalue weighted by Crippen LogP contribution is -2.52. The van der Waals surface area contributed by atoms with E-state index in [0.29, 0.717) is 19.1 Å². The first-order chi connectivity index (χ1) is 10.3. The predicted molar refractivity (Wildman–Crippen MR) is 84.6 cm³/mol. The molecule has 2 aliphatic rings. The van der Waals surface area contributed by atoms with Gasteiger partial charge in [-0.2, -0.15) is 0 Å². The number of likely N-dealkylation sites (tertiary alicyclic amines) is 2. The minimum absolute atomic E-state index is 0.00285. The van der Waals surface area contributed by atoms with Gasteiger partial charge in [-0.15, -0.1) is 0 Å². The van der Waals surface area contributed by atoms with Gasteiger partial charge in [-0.05, 0) is 53.0 Å². The van der Waals surface area contributed by atoms with Gasteiger partial charge in [0, 0.05) is 26.2 Å². The number of hydrogen-bond acceptors (Lipinski definition) is 4. The highest BCUT2D eigenvalue weighted by Gasteiger charge is 2.37. The summed E-state index contributed by atoms with van der Waals surface area (Å²) in [4.78, 5) is 28.2. The maximum atomic E-state index is 12.1. The summed E-state index contributed by atoms with van der Waals surface area (Å²) >= 11 is 0. The van der Waals surface area contributed by atoms with Crippen LogP contribution in [0.1, 0.15) is 46.5 Å². The summed E-state index contributed by atoms with van der Waals surface area (Å²) in [5.74, 6) is 0.118. The Balaban J connectivity index is 1.87. The van der Waals surface area contributed by atoms with Gasteiger partial charge in [0.1, 0.15) is 5.60 Å². The number of piperidine rings is 1. The van der Waals surface area contributed by atoms with Crippen LogP contribution in [0.15, 0.2) is 0 Å². The van der Waals surface area contributed by atoms with Gasteiger partial charge in [0.15, 0.2) is 0 Å². The van der Waals surface area contributed by atoms with Crippen molar-refractivity contribution in [2.45, 2.75) is 64.1 Å². The van der Waals surface area contributed by atoms with Crippen molar-refractivity contribution in [3.05, 3.63) is 0 Å². The molecule has 1 atom stereocenters. The normalized spacial score (nSPS) is 24.4. The summed E-state index contributed by atoms with van der Waals surface area (Å²) in [6, 6.07) is 0.395. The largest absolute Gasteiger partial charge is 0.444 e. The van der Waals surface area contributed by atoms with E-state index in [2.05, 4.69) is 10.2 Å². The van der Waals surface area contributed by atoms with E-state index in [-0.39, 0.29) is 18.0 Å². The van der Waals surface area contributed by atoms with Crippen molar-refractivity contribution in [2.75, 3.05) is 26.7 Å². The van der Waals surface area contributed by atoms with Crippen molar-refractivity contribution < 1.29 is 14.3 Å². The molecule has 2 rings (SSSR count). The predicted octanol–water partition coefficient (Wildman–Crippen LogP) is 1.60. The van der Waals surface area contributed by atoms with Gasteiger partial charge in [-0.3, -0.25) is 9.69 Å². The summed E-state index contributed by atoms with van der Waals surface area (Å²) in [6.45, 7) is 8.05. The molecule has 0 saturated carbocycles. The highest BCUT2D eigenvalue weighted by atomic mass is 16.6. The van der Waals surface area contributed by atoms with Gasteiger partial charge < -0.3 is 15.0 Å². The van der Waals surface area contributed by atoms with Crippen LogP contribution in [0.2, 0.25) is 0 Å². The summed E-state index contributed by atoms with van der Waals surface area (Å²) in [5, 5.41) is 2.76. The van der Waals surface area contributed by atoms with Crippen LogP contribution in [-0.2, 0) is 9.53 Å². The zero-order valence-electron chi connectivity index (χ0n) is 14.2. The van der Waals surface area contributed by atoms with Crippen molar-refractivity contribution in [1.82, 2.24) is 15.1 Å². The van der Waals surface area contributed by atoms with Crippen LogP contribution in [0.3, 0.4) is 0 Å². The van der Waals surface area contributed by atoms with Crippen LogP contribution in [0.4, 0.5) is 4.79 Å². The highest BCUT2D eigenvalue weighted by molar-refractivity contribution is 5.81. The Bertz CT molecular complexity index is 411. The Labute approximate surface area is 133 Å². The summed E-state index contributed by atoms with van der Waals surface area (Å²) in [5.41, 5.74) is -0.451. The number of carbonyl (C=O) groups is 2. The molecule has 0 spiro atoms. The van der Waals surface area contributed by atoms with Crippen LogP contribution in [0.25, 0.3) is 0 Å². The third-order valence-electron chi connectivity index (χ3n) is 4.43. The molecular formula is C16H29N3O3. The Morgan fingerprint density at radius 2 is 1.73 bits per heavy atom. The maximum absolute atomic E-state index is 12.1. The fraction of sp³-hybridized carbons (Fsp3) is 0.875. The number of likely N-dealkylation sites (N-methyl/N-ethyl adjacent to an activating group) is 1. The SMILES string of the molecule is CNC(=O)[C@@H]1CCCN1C1CCN(C(=O)OC(C)(C)C)CC1. The molecule has 0 aliphatic carbocycles. The van der Waals surface area contributed by atoms with E-state index >= 15 is 0 Å². The second kappa shape index (κ2) is 6.86. The summed E-state index contributed by atoms with van der Waals surface area (Å²) < 4.78 is 5.42. The van der Waals surface area contributed by atoms with Gasteiger partial charge >= 0.3 is 6.09 Å². The number of ether oxygens (including phenoxy) is 1. The lowest BCUT2D eigenvalue weighted by atomic mass is 10.0. The second-order valence-corrected chi connectivity index (χ2v) is 7.21. The molecular weight excluding hydrogens is 282 g/mol. The Morgan fingerprint density at radius 1 is 1.09 bits per heavy atom. The molecule has 2 aliphatic heterocycles. The average Bonchev–Trinajstić information content (AvgIpc) is 2.94. The zero-order valence-corrected chi connectivity index (χ0v) is 14.2. The quantitative estimate of drug-likeness (QED) is 0.841. The van der Waals surface area contributed by atoms with Crippen molar-refractivity contribution >= 4 is 12.0 Å². The standard InChI is InChI=1S/C16H29N3O3/c1-16(2,3)22-15(21)18-10-7-12(8-11-18)19-9-5-6-13(19)14(20)17-4/h12-13H,5-11H2,1-4H3,(H,17,20)/t13-/m0/s1. The molecule has 22 heavy (non-hydrogen) atoms. The molecule has 0 aromatic rings. The van der Waals surface area contributed by atoms with E-state index in [4.69, 9.17) is 4.74 Å². The first-order valence-electron chi connectivity index (χ1n) is 8.27. The zero-order chi connectivity index (χ0) is 16.3. The second-order valence-electron chi connectivity index (χ2n) is 7.21. The molecule has 6 heteroatoms. The minimum atomic E-state index is -0.451. The van der Waals surface area contributed by atoms with Gasteiger partial charge in [-0.1, -0.05) is 0 Å². The van der Waals surface area contributed by atoms with Gasteiger partial charge in [0.05, 0.1) is 6.04 Å². The maximum Gasteiger partial charge on any atom is 0.410 e. The molecule has 6 nitrogen and oxygen atoms in total. The van der Waals surface area contributed by atoms with E-state index in [9.17, 15) is 9.59 Å². The Hall–Kier alpha value is -1.30. The molecule has 0 unspecified atom stereocenters. The van der Waals surface area contributed by atoms with Crippen LogP contribution < -0.4 is 5.32 Å². The van der Waals surface area contributed by atoms with E-state index in [1.165, 1.54) is 0 Å². The van der Waals surface area contributed by atoms with Crippen molar-refractivity contribution in [3.8, 4) is 0 Å². The highest BCUT2D eigenvalue weighted by Crippen LogP contribution is 2.26. The van der Waals surface area contributed by atoms with E-state index in [1.807, 2.05) is 20.8 Å². The third-order valence-corrected chi connectivity index (χ3v) is 4.43. The first-order valence-corrected chi connectivity index (χ1v) is 8.27.